The molecule has 0 atom stereocenters. The van der Waals surface area contributed by atoms with E-state index in [9.17, 15) is 17.8 Å². The van der Waals surface area contributed by atoms with Gasteiger partial charge in [0.1, 0.15) is 21.6 Å². The van der Waals surface area contributed by atoms with Gasteiger partial charge in [0, 0.05) is 18.5 Å². The van der Waals surface area contributed by atoms with Gasteiger partial charge in [-0.25, -0.2) is 9.78 Å². The molecular formula is C17H12N2O6S. The van der Waals surface area contributed by atoms with Crippen LogP contribution in [0.3, 0.4) is 0 Å². The van der Waals surface area contributed by atoms with Crippen LogP contribution < -0.4 is 10.9 Å². The van der Waals surface area contributed by atoms with Crippen LogP contribution in [-0.2, 0) is 10.1 Å². The van der Waals surface area contributed by atoms with Crippen molar-refractivity contribution in [1.29, 1.82) is 0 Å². The Morgan fingerprint density at radius 3 is 2.54 bits per heavy atom. The van der Waals surface area contributed by atoms with Gasteiger partial charge in [-0.1, -0.05) is 12.1 Å². The maximum atomic E-state index is 12.3. The number of nitrogens with zero attached hydrogens (tertiary/aromatic N) is 1. The standard InChI is InChI=1S/C17H12N2O6S/c1-18-12-8-14-9(7-15(12)26(21,22)23)6-10(17(20)25-14)16-19-11-4-2-3-5-13(11)24-16/h2-8,18H,1H3,(H,21,22,23). The van der Waals surface area contributed by atoms with Crippen molar-refractivity contribution in [1.82, 2.24) is 4.98 Å². The smallest absolute Gasteiger partial charge is 0.349 e. The Balaban J connectivity index is 1.99. The molecule has 0 amide bonds. The van der Waals surface area contributed by atoms with Crippen LogP contribution in [0.4, 0.5) is 5.69 Å². The maximum Gasteiger partial charge on any atom is 0.349 e. The average Bonchev–Trinajstić information content (AvgIpc) is 3.03. The molecule has 2 aromatic carbocycles. The number of fused-ring (bicyclic) bond motifs is 2. The van der Waals surface area contributed by atoms with Gasteiger partial charge >= 0.3 is 5.63 Å². The predicted octanol–water partition coefficient (Wildman–Crippen LogP) is 2.89. The number of benzene rings is 2. The van der Waals surface area contributed by atoms with Crippen molar-refractivity contribution in [3.8, 4) is 11.5 Å². The summed E-state index contributed by atoms with van der Waals surface area (Å²) in [5, 5.41) is 2.95. The highest BCUT2D eigenvalue weighted by Crippen LogP contribution is 2.30. The molecule has 0 fully saturated rings. The summed E-state index contributed by atoms with van der Waals surface area (Å²) < 4.78 is 43.4. The Labute approximate surface area is 146 Å². The molecule has 0 aliphatic rings. The zero-order valence-corrected chi connectivity index (χ0v) is 14.2. The second-order valence-electron chi connectivity index (χ2n) is 5.55. The topological polar surface area (TPSA) is 123 Å². The summed E-state index contributed by atoms with van der Waals surface area (Å²) in [6, 6.07) is 11.0. The van der Waals surface area contributed by atoms with E-state index in [1.165, 1.54) is 25.2 Å². The molecular weight excluding hydrogens is 360 g/mol. The van der Waals surface area contributed by atoms with E-state index < -0.39 is 15.7 Å². The molecule has 0 saturated heterocycles. The van der Waals surface area contributed by atoms with Crippen LogP contribution in [0.25, 0.3) is 33.5 Å². The average molecular weight is 372 g/mol. The molecule has 0 unspecified atom stereocenters. The second kappa shape index (κ2) is 5.68. The second-order valence-corrected chi connectivity index (χ2v) is 6.94. The number of nitrogens with one attached hydrogen (secondary N) is 1. The molecule has 2 heterocycles. The van der Waals surface area contributed by atoms with Gasteiger partial charge in [0.15, 0.2) is 5.58 Å². The van der Waals surface area contributed by atoms with Crippen LogP contribution in [0.1, 0.15) is 0 Å². The molecule has 8 nitrogen and oxygen atoms in total. The molecule has 4 aromatic rings. The molecule has 0 saturated carbocycles. The van der Waals surface area contributed by atoms with Crippen molar-refractivity contribution in [3.05, 3.63) is 52.9 Å². The molecule has 4 rings (SSSR count). The quantitative estimate of drug-likeness (QED) is 0.416. The third-order valence-corrected chi connectivity index (χ3v) is 4.80. The van der Waals surface area contributed by atoms with E-state index in [2.05, 4.69) is 10.3 Å². The minimum absolute atomic E-state index is 0.0483. The van der Waals surface area contributed by atoms with Crippen LogP contribution in [0, 0.1) is 0 Å². The molecule has 0 radical (unpaired) electrons. The van der Waals surface area contributed by atoms with E-state index in [0.29, 0.717) is 16.5 Å². The van der Waals surface area contributed by atoms with Gasteiger partial charge in [-0.3, -0.25) is 4.55 Å². The first-order valence-electron chi connectivity index (χ1n) is 7.50. The minimum atomic E-state index is -4.47. The summed E-state index contributed by atoms with van der Waals surface area (Å²) >= 11 is 0. The summed E-state index contributed by atoms with van der Waals surface area (Å²) in [6.45, 7) is 0. The van der Waals surface area contributed by atoms with Gasteiger partial charge in [0.2, 0.25) is 5.89 Å². The SMILES string of the molecule is CNc1cc2oc(=O)c(-c3nc4ccccc4o3)cc2cc1S(=O)(=O)O. The highest BCUT2D eigenvalue weighted by molar-refractivity contribution is 7.86. The van der Waals surface area contributed by atoms with E-state index in [-0.39, 0.29) is 27.6 Å². The van der Waals surface area contributed by atoms with Crippen LogP contribution >= 0.6 is 0 Å². The number of hydrogen-bond donors (Lipinski definition) is 2. The van der Waals surface area contributed by atoms with E-state index in [4.69, 9.17) is 8.83 Å². The number of rotatable bonds is 3. The Hall–Kier alpha value is -3.17. The summed E-state index contributed by atoms with van der Waals surface area (Å²) in [6.07, 6.45) is 0. The van der Waals surface area contributed by atoms with E-state index in [0.717, 1.165) is 0 Å². The fraction of sp³-hybridized carbons (Fsp3) is 0.0588. The Bertz CT molecular complexity index is 1290. The molecule has 132 valence electrons. The maximum absolute atomic E-state index is 12.3. The van der Waals surface area contributed by atoms with Crippen LogP contribution in [0.5, 0.6) is 0 Å². The first-order chi connectivity index (χ1) is 12.4. The van der Waals surface area contributed by atoms with Crippen LogP contribution in [0.15, 0.2) is 61.0 Å². The molecule has 9 heteroatoms. The van der Waals surface area contributed by atoms with E-state index >= 15 is 0 Å². The van der Waals surface area contributed by atoms with Gasteiger partial charge in [-0.15, -0.1) is 0 Å². The fourth-order valence-electron chi connectivity index (χ4n) is 2.69. The minimum Gasteiger partial charge on any atom is -0.436 e. The molecule has 0 aliphatic carbocycles. The summed E-state index contributed by atoms with van der Waals surface area (Å²) in [5.41, 5.74) is 0.722. The lowest BCUT2D eigenvalue weighted by Crippen LogP contribution is -2.06. The van der Waals surface area contributed by atoms with Crippen molar-refractivity contribution in [2.45, 2.75) is 4.90 Å². The third-order valence-electron chi connectivity index (χ3n) is 3.91. The zero-order valence-electron chi connectivity index (χ0n) is 13.4. The highest BCUT2D eigenvalue weighted by Gasteiger charge is 2.19. The number of anilines is 1. The number of oxazole rings is 1. The van der Waals surface area contributed by atoms with Crippen molar-refractivity contribution >= 4 is 37.9 Å². The van der Waals surface area contributed by atoms with Gasteiger partial charge < -0.3 is 14.2 Å². The summed E-state index contributed by atoms with van der Waals surface area (Å²) in [5.74, 6) is 0.0629. The Morgan fingerprint density at radius 2 is 1.85 bits per heavy atom. The normalized spacial score (nSPS) is 11.9. The van der Waals surface area contributed by atoms with E-state index in [1.54, 1.807) is 24.3 Å². The first-order valence-corrected chi connectivity index (χ1v) is 8.94. The lowest BCUT2D eigenvalue weighted by Gasteiger charge is -2.08. The van der Waals surface area contributed by atoms with Crippen LogP contribution in [-0.4, -0.2) is 25.0 Å². The largest absolute Gasteiger partial charge is 0.436 e. The third kappa shape index (κ3) is 2.63. The lowest BCUT2D eigenvalue weighted by molar-refractivity contribution is 0.483. The van der Waals surface area contributed by atoms with Crippen LogP contribution in [0.2, 0.25) is 0 Å². The van der Waals surface area contributed by atoms with E-state index in [1.807, 2.05) is 0 Å². The van der Waals surface area contributed by atoms with Crippen molar-refractivity contribution in [3.63, 3.8) is 0 Å². The molecule has 0 bridgehead atoms. The van der Waals surface area contributed by atoms with Gasteiger partial charge in [-0.05, 0) is 24.3 Å². The fourth-order valence-corrected chi connectivity index (χ4v) is 3.41. The van der Waals surface area contributed by atoms with Gasteiger partial charge in [-0.2, -0.15) is 8.42 Å². The zero-order chi connectivity index (χ0) is 18.5. The summed E-state index contributed by atoms with van der Waals surface area (Å²) in [4.78, 5) is 16.3. The highest BCUT2D eigenvalue weighted by atomic mass is 32.2. The molecule has 26 heavy (non-hydrogen) atoms. The number of aromatic nitrogens is 1. The van der Waals surface area contributed by atoms with Crippen molar-refractivity contribution in [2.75, 3.05) is 12.4 Å². The predicted molar refractivity (Wildman–Crippen MR) is 94.8 cm³/mol. The van der Waals surface area contributed by atoms with Crippen molar-refractivity contribution in [2.24, 2.45) is 0 Å². The number of hydrogen-bond acceptors (Lipinski definition) is 7. The Morgan fingerprint density at radius 1 is 1.08 bits per heavy atom. The molecule has 2 aromatic heterocycles. The molecule has 0 spiro atoms. The lowest BCUT2D eigenvalue weighted by atomic mass is 10.1. The Kier molecular flexibility index (Phi) is 3.56. The monoisotopic (exact) mass is 372 g/mol. The molecule has 2 N–H and O–H groups in total. The van der Waals surface area contributed by atoms with Gasteiger partial charge in [0.25, 0.3) is 10.1 Å². The summed E-state index contributed by atoms with van der Waals surface area (Å²) in [7, 11) is -2.98. The van der Waals surface area contributed by atoms with Gasteiger partial charge in [0.05, 0.1) is 5.69 Å². The number of para-hydroxylation sites is 2. The molecule has 0 aliphatic heterocycles. The van der Waals surface area contributed by atoms with Crippen molar-refractivity contribution < 1.29 is 21.8 Å². The first kappa shape index (κ1) is 16.3.